The highest BCUT2D eigenvalue weighted by Gasteiger charge is 2.26. The van der Waals surface area contributed by atoms with E-state index in [-0.39, 0.29) is 5.91 Å². The van der Waals surface area contributed by atoms with Crippen LogP contribution in [-0.2, 0) is 17.8 Å². The first-order valence-corrected chi connectivity index (χ1v) is 10.2. The molecule has 0 aliphatic carbocycles. The Bertz CT molecular complexity index is 896. The Kier molecular flexibility index (Phi) is 5.29. The molecule has 1 aliphatic heterocycles. The second-order valence-electron chi connectivity index (χ2n) is 6.96. The molecule has 0 bridgehead atoms. The van der Waals surface area contributed by atoms with E-state index in [1.54, 1.807) is 11.3 Å². The van der Waals surface area contributed by atoms with E-state index >= 15 is 0 Å². The van der Waals surface area contributed by atoms with Crippen molar-refractivity contribution in [1.82, 2.24) is 24.4 Å². The van der Waals surface area contributed by atoms with E-state index in [0.717, 1.165) is 49.0 Å². The number of aromatic nitrogens is 4. The summed E-state index contributed by atoms with van der Waals surface area (Å²) in [5, 5.41) is 2.99. The van der Waals surface area contributed by atoms with Crippen molar-refractivity contribution < 1.29 is 4.79 Å². The molecule has 1 amide bonds. The normalized spacial score (nSPS) is 15.2. The Morgan fingerprint density at radius 1 is 1.22 bits per heavy atom. The van der Waals surface area contributed by atoms with Crippen LogP contribution in [0.15, 0.2) is 42.3 Å². The van der Waals surface area contributed by atoms with Gasteiger partial charge in [0.15, 0.2) is 0 Å². The van der Waals surface area contributed by atoms with Crippen molar-refractivity contribution in [3.05, 3.63) is 64.4 Å². The van der Waals surface area contributed by atoms with Gasteiger partial charge in [-0.05, 0) is 37.5 Å². The molecule has 1 aliphatic rings. The first-order valence-electron chi connectivity index (χ1n) is 9.28. The summed E-state index contributed by atoms with van der Waals surface area (Å²) in [4.78, 5) is 27.6. The van der Waals surface area contributed by atoms with Gasteiger partial charge in [-0.3, -0.25) is 9.78 Å². The largest absolute Gasteiger partial charge is 0.342 e. The van der Waals surface area contributed by atoms with Crippen molar-refractivity contribution in [1.29, 1.82) is 0 Å². The second-order valence-corrected chi connectivity index (χ2v) is 8.02. The molecule has 0 atom stereocenters. The average molecular weight is 382 g/mol. The number of hydrogen-bond donors (Lipinski definition) is 0. The Hall–Kier alpha value is -2.54. The van der Waals surface area contributed by atoms with Gasteiger partial charge >= 0.3 is 0 Å². The predicted octanol–water partition coefficient (Wildman–Crippen LogP) is 3.04. The quantitative estimate of drug-likeness (QED) is 0.681. The molecular weight excluding hydrogens is 358 g/mol. The lowest BCUT2D eigenvalue weighted by molar-refractivity contribution is -0.131. The number of aryl methyl sites for hydroxylation is 1. The van der Waals surface area contributed by atoms with Crippen LogP contribution in [0.25, 0.3) is 0 Å². The average Bonchev–Trinajstić information content (AvgIpc) is 3.31. The third-order valence-corrected chi connectivity index (χ3v) is 5.88. The minimum Gasteiger partial charge on any atom is -0.342 e. The van der Waals surface area contributed by atoms with Crippen LogP contribution in [0, 0.1) is 6.92 Å². The molecule has 0 unspecified atom stereocenters. The van der Waals surface area contributed by atoms with Crippen LogP contribution >= 0.6 is 11.3 Å². The lowest BCUT2D eigenvalue weighted by Gasteiger charge is -2.32. The number of thiazole rings is 1. The number of pyridine rings is 1. The summed E-state index contributed by atoms with van der Waals surface area (Å²) in [5.74, 6) is 1.69. The lowest BCUT2D eigenvalue weighted by atomic mass is 9.95. The van der Waals surface area contributed by atoms with Gasteiger partial charge in [-0.2, -0.15) is 0 Å². The summed E-state index contributed by atoms with van der Waals surface area (Å²) < 4.78 is 2.22. The minimum atomic E-state index is 0.180. The molecule has 3 aromatic rings. The van der Waals surface area contributed by atoms with E-state index in [1.807, 2.05) is 54.1 Å². The molecule has 7 heteroatoms. The summed E-state index contributed by atoms with van der Waals surface area (Å²) in [5.41, 5.74) is 2.10. The molecule has 1 fully saturated rings. The maximum absolute atomic E-state index is 12.5. The number of carbonyl (C=O) groups excluding carboxylic acids is 1. The fourth-order valence-corrected chi connectivity index (χ4v) is 4.26. The van der Waals surface area contributed by atoms with Crippen LogP contribution < -0.4 is 0 Å². The Balaban J connectivity index is 1.35. The van der Waals surface area contributed by atoms with Gasteiger partial charge < -0.3 is 9.47 Å². The Morgan fingerprint density at radius 2 is 2.00 bits per heavy atom. The van der Waals surface area contributed by atoms with Crippen LogP contribution in [-0.4, -0.2) is 43.4 Å². The van der Waals surface area contributed by atoms with Crippen molar-refractivity contribution in [3.8, 4) is 0 Å². The number of likely N-dealkylation sites (tertiary alicyclic amines) is 1. The van der Waals surface area contributed by atoms with Crippen molar-refractivity contribution in [3.63, 3.8) is 0 Å². The molecule has 4 rings (SSSR count). The van der Waals surface area contributed by atoms with E-state index in [0.29, 0.717) is 12.3 Å². The van der Waals surface area contributed by atoms with Crippen molar-refractivity contribution in [2.75, 3.05) is 13.1 Å². The molecule has 0 saturated carbocycles. The third-order valence-electron chi connectivity index (χ3n) is 5.06. The van der Waals surface area contributed by atoms with Crippen molar-refractivity contribution >= 4 is 17.2 Å². The molecule has 4 heterocycles. The topological polar surface area (TPSA) is 63.9 Å². The first-order chi connectivity index (χ1) is 13.2. The lowest BCUT2D eigenvalue weighted by Crippen LogP contribution is -2.39. The van der Waals surface area contributed by atoms with Gasteiger partial charge in [0.2, 0.25) is 5.91 Å². The minimum absolute atomic E-state index is 0.180. The SMILES string of the molecule is Cc1nc(CC(=O)N2CCC(c3nccn3Cc3ccncc3)CC2)cs1. The number of rotatable bonds is 5. The number of carbonyl (C=O) groups is 1. The van der Waals surface area contributed by atoms with Crippen LogP contribution in [0.2, 0.25) is 0 Å². The van der Waals surface area contributed by atoms with Crippen LogP contribution in [0.3, 0.4) is 0 Å². The van der Waals surface area contributed by atoms with E-state index < -0.39 is 0 Å². The van der Waals surface area contributed by atoms with Gasteiger partial charge in [0, 0.05) is 55.7 Å². The highest BCUT2D eigenvalue weighted by molar-refractivity contribution is 7.09. The van der Waals surface area contributed by atoms with Crippen molar-refractivity contribution in [2.24, 2.45) is 0 Å². The van der Waals surface area contributed by atoms with Crippen LogP contribution in [0.1, 0.15) is 40.8 Å². The number of piperidine rings is 1. The molecule has 140 valence electrons. The molecule has 3 aromatic heterocycles. The highest BCUT2D eigenvalue weighted by atomic mass is 32.1. The van der Waals surface area contributed by atoms with Gasteiger partial charge in [0.25, 0.3) is 0 Å². The number of hydrogen-bond acceptors (Lipinski definition) is 5. The predicted molar refractivity (Wildman–Crippen MR) is 105 cm³/mol. The van der Waals surface area contributed by atoms with E-state index in [9.17, 15) is 4.79 Å². The molecule has 0 aromatic carbocycles. The van der Waals surface area contributed by atoms with Crippen LogP contribution in [0.5, 0.6) is 0 Å². The number of amides is 1. The zero-order valence-electron chi connectivity index (χ0n) is 15.4. The monoisotopic (exact) mass is 381 g/mol. The number of nitrogens with zero attached hydrogens (tertiary/aromatic N) is 5. The van der Waals surface area contributed by atoms with Gasteiger partial charge in [-0.1, -0.05) is 0 Å². The van der Waals surface area contributed by atoms with Crippen LogP contribution in [0.4, 0.5) is 0 Å². The maximum atomic E-state index is 12.5. The Labute approximate surface area is 162 Å². The zero-order valence-corrected chi connectivity index (χ0v) is 16.2. The number of imidazole rings is 1. The summed E-state index contributed by atoms with van der Waals surface area (Å²) in [7, 11) is 0. The molecule has 0 radical (unpaired) electrons. The summed E-state index contributed by atoms with van der Waals surface area (Å²) in [6.45, 7) is 4.35. The first kappa shape index (κ1) is 17.9. The maximum Gasteiger partial charge on any atom is 0.228 e. The van der Waals surface area contributed by atoms with E-state index in [1.165, 1.54) is 5.56 Å². The van der Waals surface area contributed by atoms with Gasteiger partial charge in [-0.25, -0.2) is 9.97 Å². The summed E-state index contributed by atoms with van der Waals surface area (Å²) in [6.07, 6.45) is 9.87. The molecule has 1 saturated heterocycles. The molecule has 6 nitrogen and oxygen atoms in total. The molecule has 0 N–H and O–H groups in total. The smallest absolute Gasteiger partial charge is 0.228 e. The molecular formula is C20H23N5OS. The second kappa shape index (κ2) is 8.00. The zero-order chi connectivity index (χ0) is 18.6. The summed E-state index contributed by atoms with van der Waals surface area (Å²) >= 11 is 1.60. The Morgan fingerprint density at radius 3 is 2.70 bits per heavy atom. The van der Waals surface area contributed by atoms with E-state index in [4.69, 9.17) is 0 Å². The molecule has 0 spiro atoms. The highest BCUT2D eigenvalue weighted by Crippen LogP contribution is 2.27. The fraction of sp³-hybridized carbons (Fsp3) is 0.400. The van der Waals surface area contributed by atoms with Gasteiger partial charge in [0.05, 0.1) is 17.1 Å². The molecule has 27 heavy (non-hydrogen) atoms. The standard InChI is InChI=1S/C20H23N5OS/c1-15-23-18(14-27-15)12-19(26)24-9-4-17(5-10-24)20-22-8-11-25(20)13-16-2-6-21-7-3-16/h2-3,6-8,11,14,17H,4-5,9-10,12-13H2,1H3. The third kappa shape index (κ3) is 4.24. The van der Waals surface area contributed by atoms with Crippen molar-refractivity contribution in [2.45, 2.75) is 38.6 Å². The van der Waals surface area contributed by atoms with E-state index in [2.05, 4.69) is 19.5 Å². The van der Waals surface area contributed by atoms with Gasteiger partial charge in [-0.15, -0.1) is 11.3 Å². The van der Waals surface area contributed by atoms with Gasteiger partial charge in [0.1, 0.15) is 5.82 Å². The summed E-state index contributed by atoms with van der Waals surface area (Å²) in [6, 6.07) is 4.07. The fourth-order valence-electron chi connectivity index (χ4n) is 3.64.